The van der Waals surface area contributed by atoms with E-state index < -0.39 is 0 Å². The van der Waals surface area contributed by atoms with Crippen LogP contribution in [0.15, 0.2) is 54.6 Å². The standard InChI is InChI=1S/C25H31FN4O2/c26-22-11-8-19(9-12-22)24-21(16-28-29-24)15-27-25(32)20-10-13-23(31)30(17-20)14-4-7-18-5-2-1-3-6-18/h1-3,5-6,8-9,11-12,20-21,24,28-29H,4,7,10,13-17H2,(H,27,32). The molecule has 2 fully saturated rings. The van der Waals surface area contributed by atoms with Crippen LogP contribution in [0.3, 0.4) is 0 Å². The lowest BCUT2D eigenvalue weighted by molar-refractivity contribution is -0.138. The molecule has 2 aromatic carbocycles. The van der Waals surface area contributed by atoms with E-state index in [9.17, 15) is 14.0 Å². The zero-order chi connectivity index (χ0) is 22.3. The Morgan fingerprint density at radius 1 is 1.12 bits per heavy atom. The third-order valence-corrected chi connectivity index (χ3v) is 6.47. The summed E-state index contributed by atoms with van der Waals surface area (Å²) in [7, 11) is 0. The third kappa shape index (κ3) is 5.72. The highest BCUT2D eigenvalue weighted by Crippen LogP contribution is 2.25. The van der Waals surface area contributed by atoms with E-state index in [1.165, 1.54) is 17.7 Å². The number of carbonyl (C=O) groups excluding carboxylic acids is 2. The molecule has 6 nitrogen and oxygen atoms in total. The highest BCUT2D eigenvalue weighted by Gasteiger charge is 2.32. The van der Waals surface area contributed by atoms with Crippen LogP contribution < -0.4 is 16.2 Å². The first-order valence-corrected chi connectivity index (χ1v) is 11.4. The number of hydrogen-bond acceptors (Lipinski definition) is 4. The SMILES string of the molecule is O=C(NCC1CNNC1c1ccc(F)cc1)C1CCC(=O)N(CCCc2ccccc2)C1. The van der Waals surface area contributed by atoms with Crippen molar-refractivity contribution < 1.29 is 14.0 Å². The molecule has 3 N–H and O–H groups in total. The summed E-state index contributed by atoms with van der Waals surface area (Å²) < 4.78 is 13.2. The number of rotatable bonds is 8. The van der Waals surface area contributed by atoms with Crippen LogP contribution in [0, 0.1) is 17.7 Å². The quantitative estimate of drug-likeness (QED) is 0.592. The van der Waals surface area contributed by atoms with Gasteiger partial charge < -0.3 is 10.2 Å². The number of piperidine rings is 1. The first-order chi connectivity index (χ1) is 15.6. The van der Waals surface area contributed by atoms with E-state index in [2.05, 4.69) is 28.3 Å². The van der Waals surface area contributed by atoms with Crippen LogP contribution >= 0.6 is 0 Å². The summed E-state index contributed by atoms with van der Waals surface area (Å²) >= 11 is 0. The Bertz CT molecular complexity index is 906. The lowest BCUT2D eigenvalue weighted by Gasteiger charge is -2.32. The highest BCUT2D eigenvalue weighted by molar-refractivity contribution is 5.83. The molecule has 2 amide bonds. The summed E-state index contributed by atoms with van der Waals surface area (Å²) in [5.74, 6) is -0.115. The Balaban J connectivity index is 1.25. The molecular weight excluding hydrogens is 407 g/mol. The van der Waals surface area contributed by atoms with Gasteiger partial charge in [0.15, 0.2) is 0 Å². The molecule has 32 heavy (non-hydrogen) atoms. The molecule has 3 unspecified atom stereocenters. The number of benzene rings is 2. The highest BCUT2D eigenvalue weighted by atomic mass is 19.1. The molecule has 0 radical (unpaired) electrons. The molecule has 2 saturated heterocycles. The van der Waals surface area contributed by atoms with Crippen LogP contribution in [0.1, 0.15) is 36.4 Å². The van der Waals surface area contributed by atoms with Gasteiger partial charge in [-0.05, 0) is 42.5 Å². The Labute approximate surface area is 188 Å². The van der Waals surface area contributed by atoms with E-state index in [4.69, 9.17) is 0 Å². The third-order valence-electron chi connectivity index (χ3n) is 6.47. The summed E-state index contributed by atoms with van der Waals surface area (Å²) in [6, 6.07) is 16.7. The molecular formula is C25H31FN4O2. The second-order valence-electron chi connectivity index (χ2n) is 8.72. The molecule has 2 aliphatic rings. The number of nitrogens with zero attached hydrogens (tertiary/aromatic N) is 1. The van der Waals surface area contributed by atoms with Gasteiger partial charge in [0.1, 0.15) is 5.82 Å². The largest absolute Gasteiger partial charge is 0.355 e. The van der Waals surface area contributed by atoms with Crippen LogP contribution in [0.2, 0.25) is 0 Å². The van der Waals surface area contributed by atoms with Crippen molar-refractivity contribution in [2.75, 3.05) is 26.2 Å². The fraction of sp³-hybridized carbons (Fsp3) is 0.440. The van der Waals surface area contributed by atoms with Crippen molar-refractivity contribution in [3.05, 3.63) is 71.5 Å². The van der Waals surface area contributed by atoms with Gasteiger partial charge in [-0.25, -0.2) is 9.82 Å². The summed E-state index contributed by atoms with van der Waals surface area (Å²) in [5, 5.41) is 3.09. The zero-order valence-electron chi connectivity index (χ0n) is 18.2. The number of aryl methyl sites for hydroxylation is 1. The van der Waals surface area contributed by atoms with Crippen molar-refractivity contribution in [3.63, 3.8) is 0 Å². The number of carbonyl (C=O) groups is 2. The van der Waals surface area contributed by atoms with Gasteiger partial charge in [-0.15, -0.1) is 0 Å². The van der Waals surface area contributed by atoms with Crippen LogP contribution in [-0.4, -0.2) is 42.9 Å². The van der Waals surface area contributed by atoms with Crippen molar-refractivity contribution >= 4 is 11.8 Å². The predicted octanol–water partition coefficient (Wildman–Crippen LogP) is 2.58. The monoisotopic (exact) mass is 438 g/mol. The van der Waals surface area contributed by atoms with Gasteiger partial charge >= 0.3 is 0 Å². The average molecular weight is 439 g/mol. The van der Waals surface area contributed by atoms with E-state index in [0.29, 0.717) is 32.5 Å². The molecule has 0 aliphatic carbocycles. The minimum Gasteiger partial charge on any atom is -0.355 e. The van der Waals surface area contributed by atoms with Gasteiger partial charge in [0.05, 0.1) is 12.0 Å². The smallest absolute Gasteiger partial charge is 0.224 e. The van der Waals surface area contributed by atoms with Crippen molar-refractivity contribution in [3.8, 4) is 0 Å². The van der Waals surface area contributed by atoms with E-state index in [1.807, 2.05) is 23.1 Å². The predicted molar refractivity (Wildman–Crippen MR) is 121 cm³/mol. The molecule has 2 aromatic rings. The maximum absolute atomic E-state index is 13.2. The van der Waals surface area contributed by atoms with Crippen LogP contribution in [0.25, 0.3) is 0 Å². The minimum atomic E-state index is -0.260. The van der Waals surface area contributed by atoms with Crippen molar-refractivity contribution in [1.82, 2.24) is 21.1 Å². The van der Waals surface area contributed by atoms with Gasteiger partial charge in [-0.2, -0.15) is 0 Å². The summed E-state index contributed by atoms with van der Waals surface area (Å²) in [6.45, 7) is 2.42. The fourth-order valence-electron chi connectivity index (χ4n) is 4.59. The number of nitrogens with one attached hydrogen (secondary N) is 3. The lowest BCUT2D eigenvalue weighted by Crippen LogP contribution is -2.47. The molecule has 4 rings (SSSR count). The van der Waals surface area contributed by atoms with Gasteiger partial charge in [0.2, 0.25) is 11.8 Å². The van der Waals surface area contributed by atoms with Crippen LogP contribution in [0.5, 0.6) is 0 Å². The number of halogens is 1. The second kappa shape index (κ2) is 10.7. The first-order valence-electron chi connectivity index (χ1n) is 11.4. The normalized spacial score (nSPS) is 23.3. The van der Waals surface area contributed by atoms with Crippen LogP contribution in [0.4, 0.5) is 4.39 Å². The fourth-order valence-corrected chi connectivity index (χ4v) is 4.59. The number of likely N-dealkylation sites (tertiary alicyclic amines) is 1. The molecule has 0 aromatic heterocycles. The molecule has 2 aliphatic heterocycles. The minimum absolute atomic E-state index is 0.00955. The Kier molecular flexibility index (Phi) is 7.50. The molecule has 0 bridgehead atoms. The molecule has 0 spiro atoms. The van der Waals surface area contributed by atoms with Crippen molar-refractivity contribution in [2.45, 2.75) is 31.7 Å². The van der Waals surface area contributed by atoms with E-state index in [0.717, 1.165) is 24.9 Å². The van der Waals surface area contributed by atoms with Gasteiger partial charge in [-0.3, -0.25) is 15.0 Å². The Hall–Kier alpha value is -2.77. The van der Waals surface area contributed by atoms with Gasteiger partial charge in [-0.1, -0.05) is 42.5 Å². The maximum Gasteiger partial charge on any atom is 0.224 e. The maximum atomic E-state index is 13.2. The van der Waals surface area contributed by atoms with E-state index in [-0.39, 0.29) is 35.5 Å². The number of amides is 2. The lowest BCUT2D eigenvalue weighted by atomic mass is 9.93. The summed E-state index contributed by atoms with van der Waals surface area (Å²) in [5.41, 5.74) is 8.61. The molecule has 2 heterocycles. The van der Waals surface area contributed by atoms with E-state index in [1.54, 1.807) is 12.1 Å². The van der Waals surface area contributed by atoms with Crippen molar-refractivity contribution in [2.24, 2.45) is 11.8 Å². The zero-order valence-corrected chi connectivity index (χ0v) is 18.2. The van der Waals surface area contributed by atoms with E-state index >= 15 is 0 Å². The summed E-state index contributed by atoms with van der Waals surface area (Å²) in [6.07, 6.45) is 2.84. The first kappa shape index (κ1) is 22.4. The Morgan fingerprint density at radius 2 is 1.91 bits per heavy atom. The molecule has 0 saturated carbocycles. The van der Waals surface area contributed by atoms with Crippen LogP contribution in [-0.2, 0) is 16.0 Å². The summed E-state index contributed by atoms with van der Waals surface area (Å²) in [4.78, 5) is 27.0. The average Bonchev–Trinajstić information content (AvgIpc) is 3.28. The Morgan fingerprint density at radius 3 is 2.69 bits per heavy atom. The molecule has 170 valence electrons. The molecule has 7 heteroatoms. The number of hydrazine groups is 1. The molecule has 3 atom stereocenters. The van der Waals surface area contributed by atoms with Gasteiger partial charge in [0.25, 0.3) is 0 Å². The van der Waals surface area contributed by atoms with Gasteiger partial charge in [0, 0.05) is 38.5 Å². The second-order valence-corrected chi connectivity index (χ2v) is 8.72. The number of hydrogen-bond donors (Lipinski definition) is 3. The van der Waals surface area contributed by atoms with Crippen molar-refractivity contribution in [1.29, 1.82) is 0 Å². The topological polar surface area (TPSA) is 73.5 Å².